The predicted molar refractivity (Wildman–Crippen MR) is 104 cm³/mol. The number of anilines is 1. The van der Waals surface area contributed by atoms with E-state index in [1.807, 2.05) is 45.2 Å². The van der Waals surface area contributed by atoms with E-state index in [0.717, 1.165) is 27.3 Å². The van der Waals surface area contributed by atoms with E-state index in [9.17, 15) is 9.59 Å². The van der Waals surface area contributed by atoms with Gasteiger partial charge in [0.05, 0.1) is 7.11 Å². The van der Waals surface area contributed by atoms with Crippen LogP contribution in [0, 0.1) is 20.8 Å². The minimum atomic E-state index is -0.595. The first-order valence-electron chi connectivity index (χ1n) is 8.12. The second-order valence-corrected chi connectivity index (χ2v) is 6.84. The highest BCUT2D eigenvalue weighted by molar-refractivity contribution is 7.98. The number of amides is 1. The molecule has 0 bridgehead atoms. The Hall–Kier alpha value is -2.47. The average Bonchev–Trinajstić information content (AvgIpc) is 2.62. The Balaban J connectivity index is 2.03. The van der Waals surface area contributed by atoms with E-state index in [1.54, 1.807) is 23.9 Å². The molecule has 0 aliphatic rings. The lowest BCUT2D eigenvalue weighted by molar-refractivity contribution is -0.119. The van der Waals surface area contributed by atoms with Crippen molar-refractivity contribution >= 4 is 29.3 Å². The zero-order valence-electron chi connectivity index (χ0n) is 15.6. The molecule has 0 aliphatic carbocycles. The van der Waals surface area contributed by atoms with E-state index < -0.39 is 5.97 Å². The van der Waals surface area contributed by atoms with Gasteiger partial charge < -0.3 is 14.8 Å². The van der Waals surface area contributed by atoms with Crippen molar-refractivity contribution in [3.63, 3.8) is 0 Å². The first kappa shape index (κ1) is 19.8. The van der Waals surface area contributed by atoms with Gasteiger partial charge in [-0.15, -0.1) is 11.8 Å². The third kappa shape index (κ3) is 4.79. The van der Waals surface area contributed by atoms with E-state index in [1.165, 1.54) is 7.11 Å². The molecule has 0 fully saturated rings. The largest absolute Gasteiger partial charge is 0.496 e. The van der Waals surface area contributed by atoms with Crippen LogP contribution < -0.4 is 10.1 Å². The molecule has 5 nitrogen and oxygen atoms in total. The molecule has 1 N–H and O–H groups in total. The summed E-state index contributed by atoms with van der Waals surface area (Å²) in [5.74, 6) is -0.553. The van der Waals surface area contributed by atoms with Gasteiger partial charge in [-0.3, -0.25) is 4.79 Å². The lowest BCUT2D eigenvalue weighted by atomic mass is 10.1. The smallest absolute Gasteiger partial charge is 0.342 e. The summed E-state index contributed by atoms with van der Waals surface area (Å²) in [7, 11) is 1.49. The lowest BCUT2D eigenvalue weighted by Crippen LogP contribution is -2.22. The van der Waals surface area contributed by atoms with Gasteiger partial charge in [-0.05, 0) is 56.4 Å². The summed E-state index contributed by atoms with van der Waals surface area (Å²) in [5.41, 5.74) is 4.11. The van der Waals surface area contributed by atoms with Gasteiger partial charge in [-0.25, -0.2) is 4.79 Å². The van der Waals surface area contributed by atoms with Crippen LogP contribution in [0.25, 0.3) is 0 Å². The Bertz CT molecular complexity index is 810. The molecular formula is C20H23NO4S. The highest BCUT2D eigenvalue weighted by Crippen LogP contribution is 2.26. The lowest BCUT2D eigenvalue weighted by Gasteiger charge is -2.13. The second kappa shape index (κ2) is 8.76. The first-order valence-corrected chi connectivity index (χ1v) is 9.35. The van der Waals surface area contributed by atoms with Crippen molar-refractivity contribution in [1.29, 1.82) is 0 Å². The summed E-state index contributed by atoms with van der Waals surface area (Å²) in [6.45, 7) is 5.50. The highest BCUT2D eigenvalue weighted by atomic mass is 32.2. The van der Waals surface area contributed by atoms with Crippen molar-refractivity contribution in [2.24, 2.45) is 0 Å². The van der Waals surface area contributed by atoms with Crippen molar-refractivity contribution in [3.05, 3.63) is 52.6 Å². The van der Waals surface area contributed by atoms with Gasteiger partial charge in [0.1, 0.15) is 11.3 Å². The van der Waals surface area contributed by atoms with Crippen LogP contribution >= 0.6 is 11.8 Å². The number of hydrogen-bond acceptors (Lipinski definition) is 5. The summed E-state index contributed by atoms with van der Waals surface area (Å²) >= 11 is 1.55. The van der Waals surface area contributed by atoms with Crippen LogP contribution in [-0.4, -0.2) is 31.8 Å². The molecular weight excluding hydrogens is 350 g/mol. The van der Waals surface area contributed by atoms with Gasteiger partial charge in [0, 0.05) is 10.6 Å². The zero-order valence-corrected chi connectivity index (χ0v) is 16.5. The topological polar surface area (TPSA) is 64.6 Å². The fraction of sp³-hybridized carbons (Fsp3) is 0.300. The molecule has 1 amide bonds. The van der Waals surface area contributed by atoms with Crippen molar-refractivity contribution in [3.8, 4) is 5.75 Å². The van der Waals surface area contributed by atoms with Gasteiger partial charge in [0.25, 0.3) is 5.91 Å². The minimum Gasteiger partial charge on any atom is -0.496 e. The summed E-state index contributed by atoms with van der Waals surface area (Å²) in [5, 5.41) is 2.81. The fourth-order valence-corrected chi connectivity index (χ4v) is 3.16. The SMILES string of the molecule is COc1cc(SC)ccc1C(=O)OCC(=O)Nc1c(C)cc(C)cc1C. The Morgan fingerprint density at radius 1 is 1.08 bits per heavy atom. The van der Waals surface area contributed by atoms with E-state index in [4.69, 9.17) is 9.47 Å². The first-order chi connectivity index (χ1) is 12.3. The maximum Gasteiger partial charge on any atom is 0.342 e. The molecule has 2 rings (SSSR count). The Labute approximate surface area is 158 Å². The van der Waals surface area contributed by atoms with Crippen LogP contribution in [0.1, 0.15) is 27.0 Å². The molecule has 0 heterocycles. The van der Waals surface area contributed by atoms with Gasteiger partial charge in [0.15, 0.2) is 6.61 Å². The van der Waals surface area contributed by atoms with Crippen LogP contribution in [0.3, 0.4) is 0 Å². The molecule has 2 aromatic rings. The number of methoxy groups -OCH3 is 1. The number of hydrogen-bond donors (Lipinski definition) is 1. The van der Waals surface area contributed by atoms with Crippen LogP contribution in [0.4, 0.5) is 5.69 Å². The molecule has 0 saturated carbocycles. The van der Waals surface area contributed by atoms with Crippen molar-refractivity contribution in [2.75, 3.05) is 25.3 Å². The third-order valence-corrected chi connectivity index (χ3v) is 4.63. The number of rotatable bonds is 6. The van der Waals surface area contributed by atoms with E-state index in [0.29, 0.717) is 11.3 Å². The molecule has 0 radical (unpaired) electrons. The number of ether oxygens (including phenoxy) is 2. The number of benzene rings is 2. The summed E-state index contributed by atoms with van der Waals surface area (Å²) in [6, 6.07) is 9.20. The number of carbonyl (C=O) groups excluding carboxylic acids is 2. The van der Waals surface area contributed by atoms with Gasteiger partial charge in [0.2, 0.25) is 0 Å². The fourth-order valence-electron chi connectivity index (χ4n) is 2.73. The second-order valence-electron chi connectivity index (χ2n) is 5.96. The number of aryl methyl sites for hydroxylation is 3. The summed E-state index contributed by atoms with van der Waals surface area (Å²) < 4.78 is 10.4. The number of carbonyl (C=O) groups is 2. The Morgan fingerprint density at radius 3 is 2.31 bits per heavy atom. The third-order valence-electron chi connectivity index (χ3n) is 3.90. The summed E-state index contributed by atoms with van der Waals surface area (Å²) in [4.78, 5) is 25.4. The van der Waals surface area contributed by atoms with E-state index in [-0.39, 0.29) is 12.5 Å². The van der Waals surface area contributed by atoms with E-state index >= 15 is 0 Å². The molecule has 0 spiro atoms. The standard InChI is InChI=1S/C20H23NO4S/c1-12-8-13(2)19(14(3)9-12)21-18(22)11-25-20(23)16-7-6-15(26-5)10-17(16)24-4/h6-10H,11H2,1-5H3,(H,21,22). The maximum atomic E-state index is 12.3. The molecule has 0 atom stereocenters. The quantitative estimate of drug-likeness (QED) is 0.609. The zero-order chi connectivity index (χ0) is 19.3. The predicted octanol–water partition coefficient (Wildman–Crippen LogP) is 4.14. The molecule has 26 heavy (non-hydrogen) atoms. The Kier molecular flexibility index (Phi) is 6.69. The van der Waals surface area contributed by atoms with E-state index in [2.05, 4.69) is 5.32 Å². The maximum absolute atomic E-state index is 12.3. The van der Waals surface area contributed by atoms with Gasteiger partial charge in [-0.1, -0.05) is 17.7 Å². The number of nitrogens with one attached hydrogen (secondary N) is 1. The molecule has 6 heteroatoms. The van der Waals surface area contributed by atoms with Crippen LogP contribution in [0.15, 0.2) is 35.2 Å². The van der Waals surface area contributed by atoms with Crippen LogP contribution in [0.5, 0.6) is 5.75 Å². The number of esters is 1. The van der Waals surface area contributed by atoms with Crippen molar-refractivity contribution in [2.45, 2.75) is 25.7 Å². The minimum absolute atomic E-state index is 0.292. The van der Waals surface area contributed by atoms with Gasteiger partial charge >= 0.3 is 5.97 Å². The number of thioether (sulfide) groups is 1. The average molecular weight is 373 g/mol. The normalized spacial score (nSPS) is 10.3. The van der Waals surface area contributed by atoms with Crippen molar-refractivity contribution < 1.29 is 19.1 Å². The molecule has 0 unspecified atom stereocenters. The van der Waals surface area contributed by atoms with Gasteiger partial charge in [-0.2, -0.15) is 0 Å². The Morgan fingerprint density at radius 2 is 1.73 bits per heavy atom. The molecule has 138 valence electrons. The van der Waals surface area contributed by atoms with Crippen molar-refractivity contribution in [1.82, 2.24) is 0 Å². The molecule has 0 saturated heterocycles. The van der Waals surface area contributed by atoms with Crippen LogP contribution in [0.2, 0.25) is 0 Å². The molecule has 0 aliphatic heterocycles. The monoisotopic (exact) mass is 373 g/mol. The summed E-state index contributed by atoms with van der Waals surface area (Å²) in [6.07, 6.45) is 1.94. The molecule has 0 aromatic heterocycles. The molecule has 2 aromatic carbocycles. The van der Waals surface area contributed by atoms with Crippen LogP contribution in [-0.2, 0) is 9.53 Å². The highest BCUT2D eigenvalue weighted by Gasteiger charge is 2.16.